The molecule has 0 saturated heterocycles. The van der Waals surface area contributed by atoms with Crippen LogP contribution in [0.1, 0.15) is 12.1 Å². The Morgan fingerprint density at radius 2 is 2.38 bits per heavy atom. The molecule has 70 valence electrons. The zero-order chi connectivity index (χ0) is 9.52. The molecule has 3 heteroatoms. The molecule has 0 aliphatic heterocycles. The molecular formula is C10H14N2O. The lowest BCUT2D eigenvalue weighted by atomic mass is 10.3. The minimum atomic E-state index is 0.644. The molecule has 1 aromatic heterocycles. The molecule has 0 unspecified atom stereocenters. The fourth-order valence-corrected chi connectivity index (χ4v) is 0.871. The molecule has 13 heavy (non-hydrogen) atoms. The molecule has 0 aliphatic carbocycles. The predicted molar refractivity (Wildman–Crippen MR) is 53.5 cm³/mol. The fourth-order valence-electron chi connectivity index (χ4n) is 0.871. The van der Waals surface area contributed by atoms with Crippen LogP contribution < -0.4 is 10.5 Å². The van der Waals surface area contributed by atoms with E-state index in [2.05, 4.69) is 11.6 Å². The van der Waals surface area contributed by atoms with Crippen LogP contribution in [-0.4, -0.2) is 18.1 Å². The standard InChI is InChI=1S/C10H14N2O/c1-2-9-4-5-10(8-12-9)13-7-3-6-11/h2,4-5,8H,1,3,6-7,11H2. The first kappa shape index (κ1) is 9.74. The number of pyridine rings is 1. The van der Waals surface area contributed by atoms with Crippen molar-refractivity contribution in [2.75, 3.05) is 13.2 Å². The van der Waals surface area contributed by atoms with Crippen molar-refractivity contribution in [3.8, 4) is 5.75 Å². The number of ether oxygens (including phenoxy) is 1. The Kier molecular flexibility index (Phi) is 3.99. The molecule has 0 bridgehead atoms. The van der Waals surface area contributed by atoms with Gasteiger partial charge in [-0.3, -0.25) is 4.98 Å². The Hall–Kier alpha value is -1.35. The number of nitrogens with zero attached hydrogens (tertiary/aromatic N) is 1. The van der Waals surface area contributed by atoms with Crippen LogP contribution in [-0.2, 0) is 0 Å². The van der Waals surface area contributed by atoms with Crippen LogP contribution >= 0.6 is 0 Å². The maximum Gasteiger partial charge on any atom is 0.137 e. The molecule has 0 radical (unpaired) electrons. The number of nitrogens with two attached hydrogens (primary N) is 1. The highest BCUT2D eigenvalue weighted by Gasteiger charge is 1.93. The fraction of sp³-hybridized carbons (Fsp3) is 0.300. The van der Waals surface area contributed by atoms with E-state index in [1.807, 2.05) is 12.1 Å². The summed E-state index contributed by atoms with van der Waals surface area (Å²) in [5.74, 6) is 0.777. The van der Waals surface area contributed by atoms with Gasteiger partial charge in [-0.25, -0.2) is 0 Å². The van der Waals surface area contributed by atoms with Gasteiger partial charge < -0.3 is 10.5 Å². The minimum absolute atomic E-state index is 0.644. The molecule has 0 spiro atoms. The minimum Gasteiger partial charge on any atom is -0.492 e. The lowest BCUT2D eigenvalue weighted by Gasteiger charge is -2.03. The molecule has 0 fully saturated rings. The van der Waals surface area contributed by atoms with Gasteiger partial charge in [0, 0.05) is 0 Å². The van der Waals surface area contributed by atoms with Crippen molar-refractivity contribution in [2.45, 2.75) is 6.42 Å². The quantitative estimate of drug-likeness (QED) is 0.694. The van der Waals surface area contributed by atoms with Crippen molar-refractivity contribution in [2.24, 2.45) is 5.73 Å². The number of aromatic nitrogens is 1. The molecule has 1 rings (SSSR count). The summed E-state index contributed by atoms with van der Waals surface area (Å²) in [6.07, 6.45) is 4.25. The normalized spacial score (nSPS) is 9.62. The van der Waals surface area contributed by atoms with E-state index in [0.717, 1.165) is 17.9 Å². The van der Waals surface area contributed by atoms with Gasteiger partial charge in [-0.05, 0) is 31.2 Å². The van der Waals surface area contributed by atoms with Gasteiger partial charge >= 0.3 is 0 Å². The maximum absolute atomic E-state index is 5.37. The first-order valence-electron chi connectivity index (χ1n) is 4.28. The highest BCUT2D eigenvalue weighted by atomic mass is 16.5. The van der Waals surface area contributed by atoms with Crippen LogP contribution in [0.3, 0.4) is 0 Å². The Morgan fingerprint density at radius 1 is 1.54 bits per heavy atom. The molecule has 0 saturated carbocycles. The predicted octanol–water partition coefficient (Wildman–Crippen LogP) is 1.45. The number of hydrogen-bond acceptors (Lipinski definition) is 3. The summed E-state index contributed by atoms with van der Waals surface area (Å²) >= 11 is 0. The molecule has 0 atom stereocenters. The Morgan fingerprint density at radius 3 is 2.92 bits per heavy atom. The highest BCUT2D eigenvalue weighted by Crippen LogP contribution is 2.09. The van der Waals surface area contributed by atoms with Crippen LogP contribution in [0.5, 0.6) is 5.75 Å². The monoisotopic (exact) mass is 178 g/mol. The van der Waals surface area contributed by atoms with Crippen LogP contribution in [0, 0.1) is 0 Å². The summed E-state index contributed by atoms with van der Waals surface area (Å²) in [6.45, 7) is 4.91. The highest BCUT2D eigenvalue weighted by molar-refractivity contribution is 5.42. The van der Waals surface area contributed by atoms with Crippen molar-refractivity contribution < 1.29 is 4.74 Å². The molecule has 1 aromatic rings. The molecular weight excluding hydrogens is 164 g/mol. The third-order valence-corrected chi connectivity index (χ3v) is 1.59. The van der Waals surface area contributed by atoms with Gasteiger partial charge in [-0.15, -0.1) is 0 Å². The van der Waals surface area contributed by atoms with Crippen molar-refractivity contribution >= 4 is 6.08 Å². The van der Waals surface area contributed by atoms with Crippen molar-refractivity contribution in [3.05, 3.63) is 30.6 Å². The summed E-state index contributed by atoms with van der Waals surface area (Å²) in [6, 6.07) is 3.74. The van der Waals surface area contributed by atoms with E-state index < -0.39 is 0 Å². The van der Waals surface area contributed by atoms with Gasteiger partial charge in [-0.1, -0.05) is 6.58 Å². The lowest BCUT2D eigenvalue weighted by Crippen LogP contribution is -2.06. The number of hydrogen-bond donors (Lipinski definition) is 1. The molecule has 2 N–H and O–H groups in total. The van der Waals surface area contributed by atoms with Crippen LogP contribution in [0.15, 0.2) is 24.9 Å². The molecule has 0 amide bonds. The zero-order valence-electron chi connectivity index (χ0n) is 7.57. The number of rotatable bonds is 5. The smallest absolute Gasteiger partial charge is 0.137 e. The third kappa shape index (κ3) is 3.25. The molecule has 0 aromatic carbocycles. The van der Waals surface area contributed by atoms with E-state index in [4.69, 9.17) is 10.5 Å². The zero-order valence-corrected chi connectivity index (χ0v) is 7.57. The van der Waals surface area contributed by atoms with Crippen LogP contribution in [0.25, 0.3) is 6.08 Å². The lowest BCUT2D eigenvalue weighted by molar-refractivity contribution is 0.312. The maximum atomic E-state index is 5.37. The second kappa shape index (κ2) is 5.32. The SMILES string of the molecule is C=Cc1ccc(OCCCN)cn1. The van der Waals surface area contributed by atoms with E-state index in [0.29, 0.717) is 13.2 Å². The Balaban J connectivity index is 2.44. The summed E-state index contributed by atoms with van der Waals surface area (Å²) in [5, 5.41) is 0. The second-order valence-electron chi connectivity index (χ2n) is 2.61. The average molecular weight is 178 g/mol. The summed E-state index contributed by atoms with van der Waals surface area (Å²) in [5.41, 5.74) is 6.18. The largest absolute Gasteiger partial charge is 0.492 e. The van der Waals surface area contributed by atoms with E-state index in [-0.39, 0.29) is 0 Å². The van der Waals surface area contributed by atoms with Gasteiger partial charge in [0.25, 0.3) is 0 Å². The second-order valence-corrected chi connectivity index (χ2v) is 2.61. The van der Waals surface area contributed by atoms with Crippen molar-refractivity contribution in [1.29, 1.82) is 0 Å². The molecule has 1 heterocycles. The van der Waals surface area contributed by atoms with Gasteiger partial charge in [0.15, 0.2) is 0 Å². The van der Waals surface area contributed by atoms with Gasteiger partial charge in [0.05, 0.1) is 18.5 Å². The topological polar surface area (TPSA) is 48.1 Å². The third-order valence-electron chi connectivity index (χ3n) is 1.59. The van der Waals surface area contributed by atoms with E-state index in [1.165, 1.54) is 0 Å². The van der Waals surface area contributed by atoms with E-state index in [9.17, 15) is 0 Å². The van der Waals surface area contributed by atoms with E-state index >= 15 is 0 Å². The van der Waals surface area contributed by atoms with Gasteiger partial charge in [-0.2, -0.15) is 0 Å². The Bertz CT molecular complexity index is 256. The van der Waals surface area contributed by atoms with E-state index in [1.54, 1.807) is 12.3 Å². The van der Waals surface area contributed by atoms with Gasteiger partial charge in [0.1, 0.15) is 5.75 Å². The van der Waals surface area contributed by atoms with Crippen molar-refractivity contribution in [3.63, 3.8) is 0 Å². The average Bonchev–Trinajstić information content (AvgIpc) is 2.19. The molecule has 3 nitrogen and oxygen atoms in total. The van der Waals surface area contributed by atoms with Crippen LogP contribution in [0.4, 0.5) is 0 Å². The Labute approximate surface area is 78.2 Å². The van der Waals surface area contributed by atoms with Crippen LogP contribution in [0.2, 0.25) is 0 Å². The first-order chi connectivity index (χ1) is 6.36. The summed E-state index contributed by atoms with van der Waals surface area (Å²) in [7, 11) is 0. The van der Waals surface area contributed by atoms with Gasteiger partial charge in [0.2, 0.25) is 0 Å². The first-order valence-corrected chi connectivity index (χ1v) is 4.28. The summed E-state index contributed by atoms with van der Waals surface area (Å²) in [4.78, 5) is 4.10. The van der Waals surface area contributed by atoms with Crippen molar-refractivity contribution in [1.82, 2.24) is 4.98 Å². The summed E-state index contributed by atoms with van der Waals surface area (Å²) < 4.78 is 5.37. The molecule has 0 aliphatic rings.